The Balaban J connectivity index is 2.22. The molecule has 0 aliphatic carbocycles. The highest BCUT2D eigenvalue weighted by Crippen LogP contribution is 2.04. The average Bonchev–Trinajstić information content (AvgIpc) is 2.66. The molecule has 1 atom stereocenters. The topological polar surface area (TPSA) is 68.1 Å². The number of carbonyl (C=O) groups excluding carboxylic acids is 1. The van der Waals surface area contributed by atoms with Crippen LogP contribution in [0.1, 0.15) is 18.5 Å². The summed E-state index contributed by atoms with van der Waals surface area (Å²) >= 11 is 0. The van der Waals surface area contributed by atoms with E-state index in [0.717, 1.165) is 12.1 Å². The van der Waals surface area contributed by atoms with Gasteiger partial charge in [-0.1, -0.05) is 0 Å². The van der Waals surface area contributed by atoms with E-state index in [4.69, 9.17) is 5.73 Å². The number of hydrogen-bond donors (Lipinski definition) is 2. The zero-order valence-corrected chi connectivity index (χ0v) is 8.32. The minimum absolute atomic E-state index is 0.00718. The van der Waals surface area contributed by atoms with Crippen LogP contribution in [0.15, 0.2) is 18.3 Å². The van der Waals surface area contributed by atoms with Gasteiger partial charge in [-0.2, -0.15) is 0 Å². The second kappa shape index (κ2) is 5.44. The van der Waals surface area contributed by atoms with Crippen molar-refractivity contribution in [2.45, 2.75) is 25.3 Å². The molecule has 0 spiro atoms. The van der Waals surface area contributed by atoms with Gasteiger partial charge in [-0.05, 0) is 18.6 Å². The first kappa shape index (κ1) is 10.8. The van der Waals surface area contributed by atoms with Crippen molar-refractivity contribution in [1.82, 2.24) is 4.98 Å². The van der Waals surface area contributed by atoms with E-state index < -0.39 is 0 Å². The average molecular weight is 196 g/mol. The second-order valence-electron chi connectivity index (χ2n) is 3.27. The van der Waals surface area contributed by atoms with Crippen LogP contribution in [0.3, 0.4) is 0 Å². The summed E-state index contributed by atoms with van der Waals surface area (Å²) in [7, 11) is 1.39. The minimum atomic E-state index is -0.202. The van der Waals surface area contributed by atoms with Crippen molar-refractivity contribution in [3.05, 3.63) is 24.0 Å². The summed E-state index contributed by atoms with van der Waals surface area (Å²) in [5.74, 6) is -0.202. The van der Waals surface area contributed by atoms with Crippen molar-refractivity contribution in [2.75, 3.05) is 7.11 Å². The molecule has 1 rings (SSSR count). The van der Waals surface area contributed by atoms with Crippen LogP contribution in [0, 0.1) is 0 Å². The van der Waals surface area contributed by atoms with Gasteiger partial charge >= 0.3 is 5.97 Å². The number of ether oxygens (including phenoxy) is 1. The Bertz CT molecular complexity index is 270. The third-order valence-electron chi connectivity index (χ3n) is 2.09. The maximum absolute atomic E-state index is 10.8. The minimum Gasteiger partial charge on any atom is -0.469 e. The lowest BCUT2D eigenvalue weighted by molar-refractivity contribution is -0.140. The Kier molecular flexibility index (Phi) is 4.19. The van der Waals surface area contributed by atoms with Gasteiger partial charge in [0.1, 0.15) is 0 Å². The number of esters is 1. The number of carbonyl (C=O) groups is 1. The van der Waals surface area contributed by atoms with Gasteiger partial charge in [0, 0.05) is 30.8 Å². The van der Waals surface area contributed by atoms with Crippen LogP contribution in [-0.4, -0.2) is 24.1 Å². The Morgan fingerprint density at radius 2 is 2.50 bits per heavy atom. The summed E-state index contributed by atoms with van der Waals surface area (Å²) in [4.78, 5) is 13.9. The first-order valence-corrected chi connectivity index (χ1v) is 4.67. The number of hydrogen-bond acceptors (Lipinski definition) is 3. The van der Waals surface area contributed by atoms with Crippen LogP contribution < -0.4 is 5.73 Å². The molecule has 1 unspecified atom stereocenters. The van der Waals surface area contributed by atoms with Gasteiger partial charge in [0.15, 0.2) is 0 Å². The van der Waals surface area contributed by atoms with Gasteiger partial charge in [-0.15, -0.1) is 0 Å². The smallest absolute Gasteiger partial charge is 0.305 e. The van der Waals surface area contributed by atoms with E-state index in [1.165, 1.54) is 7.11 Å². The molecule has 0 aliphatic heterocycles. The third-order valence-corrected chi connectivity index (χ3v) is 2.09. The van der Waals surface area contributed by atoms with E-state index in [-0.39, 0.29) is 12.0 Å². The van der Waals surface area contributed by atoms with Gasteiger partial charge in [0.2, 0.25) is 0 Å². The molecule has 1 heterocycles. The summed E-state index contributed by atoms with van der Waals surface area (Å²) in [5, 5.41) is 0. The highest BCUT2D eigenvalue weighted by molar-refractivity contribution is 5.69. The SMILES string of the molecule is COC(=O)CCC(N)Cc1ccc[nH]1. The van der Waals surface area contributed by atoms with E-state index in [9.17, 15) is 4.79 Å². The van der Waals surface area contributed by atoms with Gasteiger partial charge < -0.3 is 15.5 Å². The van der Waals surface area contributed by atoms with Crippen LogP contribution in [-0.2, 0) is 16.0 Å². The molecule has 0 saturated carbocycles. The van der Waals surface area contributed by atoms with E-state index in [0.29, 0.717) is 12.8 Å². The molecule has 0 aliphatic rings. The van der Waals surface area contributed by atoms with Crippen molar-refractivity contribution in [3.8, 4) is 0 Å². The molecule has 0 radical (unpaired) electrons. The van der Waals surface area contributed by atoms with E-state index in [1.54, 1.807) is 0 Å². The fourth-order valence-electron chi connectivity index (χ4n) is 1.28. The lowest BCUT2D eigenvalue weighted by Gasteiger charge is -2.08. The largest absolute Gasteiger partial charge is 0.469 e. The predicted molar refractivity (Wildman–Crippen MR) is 53.7 cm³/mol. The van der Waals surface area contributed by atoms with Gasteiger partial charge in [-0.3, -0.25) is 4.79 Å². The molecular weight excluding hydrogens is 180 g/mol. The quantitative estimate of drug-likeness (QED) is 0.686. The number of aromatic amines is 1. The fourth-order valence-corrected chi connectivity index (χ4v) is 1.28. The molecule has 4 heteroatoms. The normalized spacial score (nSPS) is 12.4. The van der Waals surface area contributed by atoms with E-state index in [2.05, 4.69) is 9.72 Å². The molecule has 4 nitrogen and oxygen atoms in total. The van der Waals surface area contributed by atoms with Crippen molar-refractivity contribution in [3.63, 3.8) is 0 Å². The Morgan fingerprint density at radius 3 is 3.07 bits per heavy atom. The van der Waals surface area contributed by atoms with Crippen LogP contribution in [0.5, 0.6) is 0 Å². The Morgan fingerprint density at radius 1 is 1.71 bits per heavy atom. The number of nitrogens with two attached hydrogens (primary N) is 1. The molecule has 78 valence electrons. The highest BCUT2D eigenvalue weighted by atomic mass is 16.5. The molecular formula is C10H16N2O2. The maximum Gasteiger partial charge on any atom is 0.305 e. The zero-order chi connectivity index (χ0) is 10.4. The monoisotopic (exact) mass is 196 g/mol. The molecule has 1 aromatic rings. The van der Waals surface area contributed by atoms with Crippen molar-refractivity contribution in [2.24, 2.45) is 5.73 Å². The number of rotatable bonds is 5. The van der Waals surface area contributed by atoms with Crippen LogP contribution in [0.2, 0.25) is 0 Å². The lowest BCUT2D eigenvalue weighted by atomic mass is 10.1. The molecule has 1 aromatic heterocycles. The Hall–Kier alpha value is -1.29. The second-order valence-corrected chi connectivity index (χ2v) is 3.27. The van der Waals surface area contributed by atoms with Crippen molar-refractivity contribution in [1.29, 1.82) is 0 Å². The summed E-state index contributed by atoms with van der Waals surface area (Å²) in [6.45, 7) is 0. The number of H-pyrrole nitrogens is 1. The standard InChI is InChI=1S/C10H16N2O2/c1-14-10(13)5-4-8(11)7-9-3-2-6-12-9/h2-3,6,8,12H,4-5,7,11H2,1H3. The predicted octanol–water partition coefficient (Wildman–Crippen LogP) is 0.838. The molecule has 0 aromatic carbocycles. The lowest BCUT2D eigenvalue weighted by Crippen LogP contribution is -2.24. The van der Waals surface area contributed by atoms with E-state index >= 15 is 0 Å². The van der Waals surface area contributed by atoms with Crippen LogP contribution in [0.25, 0.3) is 0 Å². The van der Waals surface area contributed by atoms with Crippen LogP contribution >= 0.6 is 0 Å². The molecule has 0 fully saturated rings. The first-order chi connectivity index (χ1) is 6.72. The third kappa shape index (κ3) is 3.62. The molecule has 0 bridgehead atoms. The van der Waals surface area contributed by atoms with Gasteiger partial charge in [0.05, 0.1) is 7.11 Å². The molecule has 0 saturated heterocycles. The number of nitrogens with one attached hydrogen (secondary N) is 1. The number of aromatic nitrogens is 1. The van der Waals surface area contributed by atoms with Gasteiger partial charge in [0.25, 0.3) is 0 Å². The summed E-state index contributed by atoms with van der Waals surface area (Å²) in [6.07, 6.45) is 3.68. The summed E-state index contributed by atoms with van der Waals surface area (Å²) in [5.41, 5.74) is 6.94. The highest BCUT2D eigenvalue weighted by Gasteiger charge is 2.07. The van der Waals surface area contributed by atoms with Crippen molar-refractivity contribution >= 4 is 5.97 Å². The zero-order valence-electron chi connectivity index (χ0n) is 8.32. The first-order valence-electron chi connectivity index (χ1n) is 4.67. The van der Waals surface area contributed by atoms with Crippen LogP contribution in [0.4, 0.5) is 0 Å². The molecule has 3 N–H and O–H groups in total. The fraction of sp³-hybridized carbons (Fsp3) is 0.500. The van der Waals surface area contributed by atoms with Gasteiger partial charge in [-0.25, -0.2) is 0 Å². The van der Waals surface area contributed by atoms with Crippen molar-refractivity contribution < 1.29 is 9.53 Å². The summed E-state index contributed by atoms with van der Waals surface area (Å²) < 4.78 is 4.53. The Labute approximate surface area is 83.4 Å². The summed E-state index contributed by atoms with van der Waals surface area (Å²) in [6, 6.07) is 3.92. The molecule has 14 heavy (non-hydrogen) atoms. The number of methoxy groups -OCH3 is 1. The van der Waals surface area contributed by atoms with E-state index in [1.807, 2.05) is 18.3 Å². The molecule has 0 amide bonds. The maximum atomic E-state index is 10.8.